The van der Waals surface area contributed by atoms with E-state index in [2.05, 4.69) is 10.2 Å². The Kier molecular flexibility index (Phi) is 8.38. The predicted molar refractivity (Wildman–Crippen MR) is 161 cm³/mol. The summed E-state index contributed by atoms with van der Waals surface area (Å²) in [5, 5.41) is 4.47. The maximum atomic E-state index is 13.8. The monoisotopic (exact) mass is 552 g/mol. The van der Waals surface area contributed by atoms with Crippen LogP contribution in [0.2, 0.25) is 0 Å². The minimum absolute atomic E-state index is 0.0926. The summed E-state index contributed by atoms with van der Waals surface area (Å²) < 4.78 is 18.9. The number of amides is 1. The molecule has 0 radical (unpaired) electrons. The van der Waals surface area contributed by atoms with Crippen molar-refractivity contribution in [2.75, 3.05) is 59.7 Å². The smallest absolute Gasteiger partial charge is 0.410 e. The molecule has 1 atom stereocenters. The maximum Gasteiger partial charge on any atom is 0.410 e. The zero-order valence-corrected chi connectivity index (χ0v) is 25.4. The molecule has 0 spiro atoms. The van der Waals surface area contributed by atoms with Gasteiger partial charge in [0, 0.05) is 44.2 Å². The van der Waals surface area contributed by atoms with E-state index in [9.17, 15) is 9.59 Å². The number of hydrogen-bond acceptors (Lipinski definition) is 8. The molecule has 4 rings (SSSR count). The van der Waals surface area contributed by atoms with E-state index < -0.39 is 17.3 Å². The Morgan fingerprint density at radius 2 is 1.75 bits per heavy atom. The van der Waals surface area contributed by atoms with Crippen LogP contribution in [-0.2, 0) is 11.2 Å². The van der Waals surface area contributed by atoms with E-state index in [4.69, 9.17) is 13.9 Å². The van der Waals surface area contributed by atoms with E-state index in [1.807, 2.05) is 92.0 Å². The molecule has 3 aromatic rings. The van der Waals surface area contributed by atoms with Crippen LogP contribution in [0.3, 0.4) is 0 Å². The van der Waals surface area contributed by atoms with Crippen LogP contribution in [0.15, 0.2) is 39.5 Å². The fourth-order valence-corrected chi connectivity index (χ4v) is 5.12. The van der Waals surface area contributed by atoms with Crippen LogP contribution in [0.25, 0.3) is 21.9 Å². The highest BCUT2D eigenvalue weighted by Gasteiger charge is 2.45. The Hall–Kier alpha value is -3.30. The molecule has 2 aromatic carbocycles. The van der Waals surface area contributed by atoms with Crippen molar-refractivity contribution >= 4 is 33.7 Å². The summed E-state index contributed by atoms with van der Waals surface area (Å²) in [6.07, 6.45) is 0.0581. The molecule has 40 heavy (non-hydrogen) atoms. The lowest BCUT2D eigenvalue weighted by Gasteiger charge is -2.46. The predicted octanol–water partition coefficient (Wildman–Crippen LogP) is 4.80. The van der Waals surface area contributed by atoms with Crippen molar-refractivity contribution in [2.45, 2.75) is 58.3 Å². The highest BCUT2D eigenvalue weighted by molar-refractivity contribution is 6.00. The first-order chi connectivity index (χ1) is 18.7. The van der Waals surface area contributed by atoms with Gasteiger partial charge in [0.25, 0.3) is 0 Å². The Morgan fingerprint density at radius 1 is 1.07 bits per heavy atom. The number of para-hydroxylation sites is 1. The fraction of sp³-hybridized carbons (Fsp3) is 0.548. The van der Waals surface area contributed by atoms with Gasteiger partial charge in [0.15, 0.2) is 0 Å². The summed E-state index contributed by atoms with van der Waals surface area (Å²) in [5.74, 6) is 0.649. The van der Waals surface area contributed by atoms with Gasteiger partial charge in [-0.2, -0.15) is 0 Å². The fourth-order valence-electron chi connectivity index (χ4n) is 5.12. The quantitative estimate of drug-likeness (QED) is 0.399. The zero-order valence-electron chi connectivity index (χ0n) is 25.4. The SMILES string of the molecule is CN(C)CCNc1cc2c(c3oc4ccccc4c(=O)c13)CC(N(CCN(C)C)C(=O)OC(C)(C)C)C(C)(C)O2. The molecule has 1 N–H and O–H groups in total. The number of nitrogens with zero attached hydrogens (tertiary/aromatic N) is 3. The second-order valence-corrected chi connectivity index (χ2v) is 12.7. The van der Waals surface area contributed by atoms with Crippen LogP contribution in [-0.4, -0.2) is 92.4 Å². The topological polar surface area (TPSA) is 87.5 Å². The van der Waals surface area contributed by atoms with Gasteiger partial charge in [-0.1, -0.05) is 12.1 Å². The van der Waals surface area contributed by atoms with Gasteiger partial charge < -0.3 is 29.0 Å². The van der Waals surface area contributed by atoms with E-state index in [-0.39, 0.29) is 11.5 Å². The average molecular weight is 553 g/mol. The van der Waals surface area contributed by atoms with Crippen molar-refractivity contribution in [2.24, 2.45) is 0 Å². The number of anilines is 1. The normalized spacial score (nSPS) is 16.7. The van der Waals surface area contributed by atoms with Gasteiger partial charge in [0.1, 0.15) is 28.1 Å². The van der Waals surface area contributed by atoms with Gasteiger partial charge in [0.2, 0.25) is 5.43 Å². The highest BCUT2D eigenvalue weighted by atomic mass is 16.6. The molecule has 1 aromatic heterocycles. The molecule has 9 nitrogen and oxygen atoms in total. The van der Waals surface area contributed by atoms with Crippen LogP contribution in [0, 0.1) is 0 Å². The lowest BCUT2D eigenvalue weighted by atomic mass is 9.86. The highest BCUT2D eigenvalue weighted by Crippen LogP contribution is 2.43. The van der Waals surface area contributed by atoms with E-state index in [1.54, 1.807) is 11.0 Å². The Morgan fingerprint density at radius 3 is 2.40 bits per heavy atom. The standard InChI is InChI=1S/C31H44N4O5/c1-30(2,3)40-29(37)35(17-16-34(8)9)25-18-21-24(39-31(25,4)5)19-22(32-14-15-33(6)7)26-27(36)20-12-10-11-13-23(20)38-28(21)26/h10-13,19,25,32H,14-18H2,1-9H3. The molecule has 0 saturated heterocycles. The van der Waals surface area contributed by atoms with Gasteiger partial charge in [-0.25, -0.2) is 4.79 Å². The van der Waals surface area contributed by atoms with Crippen LogP contribution >= 0.6 is 0 Å². The zero-order chi connectivity index (χ0) is 29.4. The van der Waals surface area contributed by atoms with Crippen LogP contribution in [0.1, 0.15) is 40.2 Å². The van der Waals surface area contributed by atoms with Crippen molar-refractivity contribution in [3.8, 4) is 5.75 Å². The van der Waals surface area contributed by atoms with Gasteiger partial charge in [-0.15, -0.1) is 0 Å². The molecule has 0 bridgehead atoms. The minimum Gasteiger partial charge on any atom is -0.485 e. The molecule has 0 aliphatic carbocycles. The lowest BCUT2D eigenvalue weighted by Crippen LogP contribution is -2.59. The summed E-state index contributed by atoms with van der Waals surface area (Å²) in [6.45, 7) is 12.2. The van der Waals surface area contributed by atoms with Gasteiger partial charge in [0.05, 0.1) is 22.5 Å². The molecular formula is C31H44N4O5. The molecule has 9 heteroatoms. The third-order valence-corrected chi connectivity index (χ3v) is 7.15. The number of rotatable bonds is 8. The number of benzene rings is 2. The van der Waals surface area contributed by atoms with Gasteiger partial charge in [-0.05, 0) is 74.9 Å². The van der Waals surface area contributed by atoms with Crippen LogP contribution in [0.4, 0.5) is 10.5 Å². The van der Waals surface area contributed by atoms with Gasteiger partial charge >= 0.3 is 6.09 Å². The molecular weight excluding hydrogens is 508 g/mol. The summed E-state index contributed by atoms with van der Waals surface area (Å²) in [5.41, 5.74) is 1.000. The second-order valence-electron chi connectivity index (χ2n) is 12.7. The molecule has 218 valence electrons. The molecule has 1 aliphatic rings. The van der Waals surface area contributed by atoms with Crippen molar-refractivity contribution in [3.05, 3.63) is 46.1 Å². The first kappa shape index (κ1) is 29.7. The van der Waals surface area contributed by atoms with Crippen molar-refractivity contribution in [1.82, 2.24) is 14.7 Å². The minimum atomic E-state index is -0.734. The summed E-state index contributed by atoms with van der Waals surface area (Å²) >= 11 is 0. The molecule has 1 amide bonds. The third kappa shape index (κ3) is 6.36. The second kappa shape index (κ2) is 11.3. The summed E-state index contributed by atoms with van der Waals surface area (Å²) in [4.78, 5) is 33.2. The maximum absolute atomic E-state index is 13.8. The first-order valence-corrected chi connectivity index (χ1v) is 13.9. The molecule has 1 unspecified atom stereocenters. The first-order valence-electron chi connectivity index (χ1n) is 13.9. The van der Waals surface area contributed by atoms with Crippen molar-refractivity contribution in [3.63, 3.8) is 0 Å². The number of fused-ring (bicyclic) bond motifs is 4. The molecule has 0 saturated carbocycles. The van der Waals surface area contributed by atoms with E-state index in [1.165, 1.54) is 0 Å². The Labute approximate surface area is 237 Å². The van der Waals surface area contributed by atoms with E-state index in [0.717, 1.165) is 12.1 Å². The van der Waals surface area contributed by atoms with Crippen molar-refractivity contribution in [1.29, 1.82) is 0 Å². The number of carbonyl (C=O) groups is 1. The summed E-state index contributed by atoms with van der Waals surface area (Å²) in [7, 11) is 7.96. The molecule has 0 fully saturated rings. The number of ether oxygens (including phenoxy) is 2. The molecule has 1 aliphatic heterocycles. The van der Waals surface area contributed by atoms with Crippen LogP contribution < -0.4 is 15.5 Å². The average Bonchev–Trinajstić information content (AvgIpc) is 2.82. The largest absolute Gasteiger partial charge is 0.485 e. The van der Waals surface area contributed by atoms with E-state index in [0.29, 0.717) is 59.4 Å². The third-order valence-electron chi connectivity index (χ3n) is 7.15. The number of carbonyl (C=O) groups excluding carboxylic acids is 1. The Bertz CT molecular complexity index is 1440. The van der Waals surface area contributed by atoms with Crippen LogP contribution in [0.5, 0.6) is 5.75 Å². The van der Waals surface area contributed by atoms with Crippen molar-refractivity contribution < 1.29 is 18.7 Å². The number of hydrogen-bond donors (Lipinski definition) is 1. The van der Waals surface area contributed by atoms with Gasteiger partial charge in [-0.3, -0.25) is 9.69 Å². The molecule has 2 heterocycles. The van der Waals surface area contributed by atoms with E-state index >= 15 is 0 Å². The Balaban J connectivity index is 1.87. The lowest BCUT2D eigenvalue weighted by molar-refractivity contribution is -0.0348. The number of likely N-dealkylation sites (N-methyl/N-ethyl adjacent to an activating group) is 2. The number of nitrogens with one attached hydrogen (secondary N) is 1. The summed E-state index contributed by atoms with van der Waals surface area (Å²) in [6, 6.07) is 8.85.